The molecular weight excluding hydrogens is 456 g/mol. The lowest BCUT2D eigenvalue weighted by atomic mass is 10.1. The third-order valence-corrected chi connectivity index (χ3v) is 6.99. The van der Waals surface area contributed by atoms with Crippen molar-refractivity contribution in [1.29, 1.82) is 5.26 Å². The van der Waals surface area contributed by atoms with E-state index >= 15 is 0 Å². The number of hydrogen-bond acceptors (Lipinski definition) is 7. The second-order valence-corrected chi connectivity index (χ2v) is 9.45. The van der Waals surface area contributed by atoms with Crippen LogP contribution in [0.4, 0.5) is 5.95 Å². The van der Waals surface area contributed by atoms with Gasteiger partial charge in [-0.2, -0.15) is 10.2 Å². The van der Waals surface area contributed by atoms with Gasteiger partial charge in [-0.15, -0.1) is 0 Å². The van der Waals surface area contributed by atoms with Crippen LogP contribution in [0.1, 0.15) is 43.9 Å². The van der Waals surface area contributed by atoms with Crippen LogP contribution in [0.15, 0.2) is 40.1 Å². The smallest absolute Gasteiger partial charge is 0.332 e. The molecule has 36 heavy (non-hydrogen) atoms. The summed E-state index contributed by atoms with van der Waals surface area (Å²) in [4.78, 5) is 38.6. The molecule has 10 heteroatoms. The Morgan fingerprint density at radius 2 is 2.03 bits per heavy atom. The van der Waals surface area contributed by atoms with E-state index < -0.39 is 11.2 Å². The Morgan fingerprint density at radius 3 is 2.78 bits per heavy atom. The van der Waals surface area contributed by atoms with Crippen molar-refractivity contribution in [3.05, 3.63) is 62.6 Å². The molecule has 4 heterocycles. The number of benzene rings is 1. The van der Waals surface area contributed by atoms with Crippen LogP contribution >= 0.6 is 0 Å². The lowest BCUT2D eigenvalue weighted by Crippen LogP contribution is -2.44. The molecule has 1 unspecified atom stereocenters. The highest BCUT2D eigenvalue weighted by atomic mass is 16.2. The molecule has 0 amide bonds. The summed E-state index contributed by atoms with van der Waals surface area (Å²) in [5, 5.41) is 11.5. The number of nitrogens with zero attached hydrogens (tertiary/aromatic N) is 7. The van der Waals surface area contributed by atoms with Crippen LogP contribution in [0.2, 0.25) is 0 Å². The standard InChI is InChI=1S/C26H30N8O2/c1-3-4-12-33-22-23(30-25(33)32-11-7-9-18(28)15-32)31(2)26(36)34(24(22)35)16-21-20(13-27)19-10-6-5-8-17(19)14-29-21/h5-6,8,10,14,18H,3-4,7,9,11-12,15-16,28H2,1-2H3. The maximum atomic E-state index is 13.8. The molecule has 1 fully saturated rings. The minimum absolute atomic E-state index is 0.0436. The summed E-state index contributed by atoms with van der Waals surface area (Å²) in [7, 11) is 1.63. The monoisotopic (exact) mass is 486 g/mol. The lowest BCUT2D eigenvalue weighted by Gasteiger charge is -2.31. The van der Waals surface area contributed by atoms with Crippen molar-refractivity contribution in [2.75, 3.05) is 18.0 Å². The van der Waals surface area contributed by atoms with E-state index in [1.165, 1.54) is 4.57 Å². The number of anilines is 1. The predicted molar refractivity (Wildman–Crippen MR) is 139 cm³/mol. The normalized spacial score (nSPS) is 16.1. The van der Waals surface area contributed by atoms with Crippen LogP contribution in [0.5, 0.6) is 0 Å². The summed E-state index contributed by atoms with van der Waals surface area (Å²) in [6.45, 7) is 4.07. The molecular formula is C26H30N8O2. The topological polar surface area (TPSA) is 128 Å². The highest BCUT2D eigenvalue weighted by Gasteiger charge is 2.26. The zero-order chi connectivity index (χ0) is 25.4. The fourth-order valence-electron chi connectivity index (χ4n) is 5.06. The molecule has 1 aliphatic heterocycles. The Hall–Kier alpha value is -3.97. The third-order valence-electron chi connectivity index (χ3n) is 6.99. The number of unbranched alkanes of at least 4 members (excludes halogenated alkanes) is 1. The van der Waals surface area contributed by atoms with Gasteiger partial charge in [0.1, 0.15) is 6.07 Å². The summed E-state index contributed by atoms with van der Waals surface area (Å²) in [5.74, 6) is 0.681. The quantitative estimate of drug-likeness (QED) is 0.442. The maximum absolute atomic E-state index is 13.8. The molecule has 0 aliphatic carbocycles. The van der Waals surface area contributed by atoms with Crippen LogP contribution in [0, 0.1) is 11.3 Å². The second-order valence-electron chi connectivity index (χ2n) is 9.45. The number of nitriles is 1. The number of rotatable bonds is 6. The van der Waals surface area contributed by atoms with Crippen molar-refractivity contribution >= 4 is 27.9 Å². The zero-order valence-electron chi connectivity index (χ0n) is 20.6. The Morgan fingerprint density at radius 1 is 1.22 bits per heavy atom. The molecule has 1 atom stereocenters. The van der Waals surface area contributed by atoms with Crippen LogP contribution in [-0.2, 0) is 20.1 Å². The number of piperidine rings is 1. The van der Waals surface area contributed by atoms with Crippen molar-refractivity contribution in [1.82, 2.24) is 23.7 Å². The Kier molecular flexibility index (Phi) is 6.33. The van der Waals surface area contributed by atoms with E-state index in [0.717, 1.165) is 47.6 Å². The summed E-state index contributed by atoms with van der Waals surface area (Å²) < 4.78 is 4.52. The molecule has 1 aliphatic rings. The number of imidazole rings is 1. The second kappa shape index (κ2) is 9.59. The molecule has 5 rings (SSSR count). The van der Waals surface area contributed by atoms with Gasteiger partial charge in [-0.3, -0.25) is 18.9 Å². The number of nitrogens with two attached hydrogens (primary N) is 1. The van der Waals surface area contributed by atoms with Gasteiger partial charge >= 0.3 is 5.69 Å². The maximum Gasteiger partial charge on any atom is 0.332 e. The van der Waals surface area contributed by atoms with Gasteiger partial charge in [0.15, 0.2) is 11.2 Å². The average Bonchev–Trinajstić information content (AvgIpc) is 3.28. The van der Waals surface area contributed by atoms with Crippen molar-refractivity contribution in [3.8, 4) is 6.07 Å². The fourth-order valence-corrected chi connectivity index (χ4v) is 5.06. The fraction of sp³-hybridized carbons (Fsp3) is 0.423. The molecule has 3 aromatic heterocycles. The zero-order valence-corrected chi connectivity index (χ0v) is 20.6. The van der Waals surface area contributed by atoms with E-state index in [0.29, 0.717) is 41.5 Å². The molecule has 186 valence electrons. The SMILES string of the molecule is CCCCn1c(N2CCCC(N)C2)nc2c1c(=O)n(Cc1ncc3ccccc3c1C#N)c(=O)n2C. The van der Waals surface area contributed by atoms with Crippen molar-refractivity contribution in [3.63, 3.8) is 0 Å². The van der Waals surface area contributed by atoms with Crippen LogP contribution in [0.25, 0.3) is 21.9 Å². The highest BCUT2D eigenvalue weighted by Crippen LogP contribution is 2.24. The molecule has 4 aromatic rings. The lowest BCUT2D eigenvalue weighted by molar-refractivity contribution is 0.491. The van der Waals surface area contributed by atoms with Crippen molar-refractivity contribution < 1.29 is 0 Å². The summed E-state index contributed by atoms with van der Waals surface area (Å²) in [6, 6.07) is 9.72. The van der Waals surface area contributed by atoms with Gasteiger partial charge in [0.05, 0.1) is 17.8 Å². The van der Waals surface area contributed by atoms with E-state index in [2.05, 4.69) is 22.9 Å². The predicted octanol–water partition coefficient (Wildman–Crippen LogP) is 2.09. The van der Waals surface area contributed by atoms with Gasteiger partial charge in [-0.05, 0) is 19.3 Å². The van der Waals surface area contributed by atoms with Gasteiger partial charge in [-0.1, -0.05) is 37.6 Å². The molecule has 2 N–H and O–H groups in total. The average molecular weight is 487 g/mol. The number of aryl methyl sites for hydroxylation is 2. The molecule has 1 saturated heterocycles. The first kappa shape index (κ1) is 23.8. The molecule has 0 saturated carbocycles. The summed E-state index contributed by atoms with van der Waals surface area (Å²) in [6.07, 6.45) is 5.39. The Labute approximate surface area is 208 Å². The van der Waals surface area contributed by atoms with Gasteiger partial charge in [0.2, 0.25) is 5.95 Å². The van der Waals surface area contributed by atoms with E-state index in [4.69, 9.17) is 10.7 Å². The Balaban J connectivity index is 1.70. The van der Waals surface area contributed by atoms with Crippen molar-refractivity contribution in [2.45, 2.75) is 51.7 Å². The minimum atomic E-state index is -0.492. The van der Waals surface area contributed by atoms with Gasteiger partial charge in [0, 0.05) is 49.7 Å². The number of pyridine rings is 1. The largest absolute Gasteiger partial charge is 0.341 e. The number of hydrogen-bond donors (Lipinski definition) is 1. The van der Waals surface area contributed by atoms with Crippen LogP contribution < -0.4 is 21.9 Å². The van der Waals surface area contributed by atoms with E-state index in [9.17, 15) is 14.9 Å². The first-order chi connectivity index (χ1) is 17.4. The number of fused-ring (bicyclic) bond motifs is 2. The van der Waals surface area contributed by atoms with E-state index in [1.54, 1.807) is 13.2 Å². The summed E-state index contributed by atoms with van der Waals surface area (Å²) in [5.41, 5.74) is 6.81. The van der Waals surface area contributed by atoms with E-state index in [-0.39, 0.29) is 12.6 Å². The van der Waals surface area contributed by atoms with Crippen LogP contribution in [-0.4, -0.2) is 42.8 Å². The molecule has 0 radical (unpaired) electrons. The van der Waals surface area contributed by atoms with Gasteiger partial charge in [0.25, 0.3) is 5.56 Å². The van der Waals surface area contributed by atoms with Gasteiger partial charge < -0.3 is 15.2 Å². The summed E-state index contributed by atoms with van der Waals surface area (Å²) >= 11 is 0. The molecule has 10 nitrogen and oxygen atoms in total. The first-order valence-electron chi connectivity index (χ1n) is 12.4. The Bertz CT molecular complexity index is 1610. The van der Waals surface area contributed by atoms with Crippen LogP contribution in [0.3, 0.4) is 0 Å². The molecule has 0 bridgehead atoms. The van der Waals surface area contributed by atoms with Gasteiger partial charge in [-0.25, -0.2) is 4.79 Å². The van der Waals surface area contributed by atoms with E-state index in [1.807, 2.05) is 28.8 Å². The van der Waals surface area contributed by atoms with Crippen molar-refractivity contribution in [2.24, 2.45) is 12.8 Å². The third kappa shape index (κ3) is 3.95. The first-order valence-corrected chi connectivity index (χ1v) is 12.4. The minimum Gasteiger partial charge on any atom is -0.341 e. The highest BCUT2D eigenvalue weighted by molar-refractivity contribution is 5.87. The molecule has 0 spiro atoms. The number of aromatic nitrogens is 5. The molecule has 1 aromatic carbocycles.